The van der Waals surface area contributed by atoms with Gasteiger partial charge in [0.05, 0.1) is 11.9 Å². The number of sulfonamides is 1. The first-order valence-corrected chi connectivity index (χ1v) is 11.1. The van der Waals surface area contributed by atoms with Crippen LogP contribution < -0.4 is 9.62 Å². The van der Waals surface area contributed by atoms with Crippen LogP contribution in [-0.4, -0.2) is 33.2 Å². The molecule has 2 rings (SSSR count). The Labute approximate surface area is 157 Å². The van der Waals surface area contributed by atoms with Crippen LogP contribution in [0, 0.1) is 13.8 Å². The predicted molar refractivity (Wildman–Crippen MR) is 107 cm³/mol. The maximum absolute atomic E-state index is 12.6. The molecule has 0 saturated carbocycles. The van der Waals surface area contributed by atoms with Gasteiger partial charge >= 0.3 is 0 Å². The molecule has 0 bridgehead atoms. The lowest BCUT2D eigenvalue weighted by Gasteiger charge is -2.29. The van der Waals surface area contributed by atoms with E-state index in [1.807, 2.05) is 19.9 Å². The van der Waals surface area contributed by atoms with E-state index in [1.54, 1.807) is 19.1 Å². The zero-order chi connectivity index (χ0) is 19.3. The lowest BCUT2D eigenvalue weighted by molar-refractivity contribution is -0.121. The number of anilines is 1. The highest BCUT2D eigenvalue weighted by molar-refractivity contribution is 7.92. The number of benzene rings is 1. The van der Waals surface area contributed by atoms with Gasteiger partial charge in [-0.25, -0.2) is 8.42 Å². The molecule has 144 valence electrons. The molecule has 1 aliphatic rings. The van der Waals surface area contributed by atoms with Gasteiger partial charge in [0.2, 0.25) is 15.9 Å². The molecule has 0 aliphatic heterocycles. The van der Waals surface area contributed by atoms with Gasteiger partial charge in [-0.3, -0.25) is 9.10 Å². The number of nitrogens with zero attached hydrogens (tertiary/aromatic N) is 1. The molecule has 0 saturated heterocycles. The Balaban J connectivity index is 2.09. The molecule has 0 unspecified atom stereocenters. The number of amides is 1. The molecule has 0 spiro atoms. The SMILES string of the molecule is Cc1cc(C)cc(N([C@@H](C)C(=O)NCCC2=CCCCC2)S(C)(=O)=O)c1. The summed E-state index contributed by atoms with van der Waals surface area (Å²) < 4.78 is 25.9. The van der Waals surface area contributed by atoms with Crippen LogP contribution in [0.2, 0.25) is 0 Å². The van der Waals surface area contributed by atoms with Crippen molar-refractivity contribution in [2.75, 3.05) is 17.1 Å². The standard InChI is InChI=1S/C20H30N2O3S/c1-15-12-16(2)14-19(13-15)22(26(4,24)25)17(3)20(23)21-11-10-18-8-6-5-7-9-18/h8,12-14,17H,5-7,9-11H2,1-4H3,(H,21,23)/t17-/m0/s1. The Morgan fingerprint density at radius 2 is 1.85 bits per heavy atom. The van der Waals surface area contributed by atoms with Crippen molar-refractivity contribution in [2.24, 2.45) is 0 Å². The van der Waals surface area contributed by atoms with E-state index >= 15 is 0 Å². The summed E-state index contributed by atoms with van der Waals surface area (Å²) in [5.74, 6) is -0.272. The number of nitrogens with one attached hydrogen (secondary N) is 1. The van der Waals surface area contributed by atoms with Crippen LogP contribution in [0.25, 0.3) is 0 Å². The van der Waals surface area contributed by atoms with E-state index in [-0.39, 0.29) is 5.91 Å². The van der Waals surface area contributed by atoms with Crippen molar-refractivity contribution >= 4 is 21.6 Å². The van der Waals surface area contributed by atoms with Gasteiger partial charge in [0.1, 0.15) is 6.04 Å². The number of carbonyl (C=O) groups is 1. The highest BCUT2D eigenvalue weighted by Gasteiger charge is 2.29. The highest BCUT2D eigenvalue weighted by atomic mass is 32.2. The van der Waals surface area contributed by atoms with Crippen molar-refractivity contribution in [3.8, 4) is 0 Å². The number of aryl methyl sites for hydroxylation is 2. The van der Waals surface area contributed by atoms with Gasteiger partial charge in [0.25, 0.3) is 0 Å². The minimum absolute atomic E-state index is 0.272. The fourth-order valence-corrected chi connectivity index (χ4v) is 4.67. The summed E-state index contributed by atoms with van der Waals surface area (Å²) in [6.07, 6.45) is 8.91. The van der Waals surface area contributed by atoms with Crippen LogP contribution in [0.3, 0.4) is 0 Å². The molecule has 0 heterocycles. The maximum atomic E-state index is 12.6. The predicted octanol–water partition coefficient (Wildman–Crippen LogP) is 3.46. The minimum Gasteiger partial charge on any atom is -0.354 e. The molecule has 1 aliphatic carbocycles. The number of allylic oxidation sites excluding steroid dienone is 1. The molecule has 1 aromatic carbocycles. The minimum atomic E-state index is -3.58. The second-order valence-electron chi connectivity index (χ2n) is 7.23. The molecule has 26 heavy (non-hydrogen) atoms. The molecule has 0 fully saturated rings. The van der Waals surface area contributed by atoms with E-state index in [1.165, 1.54) is 22.7 Å². The van der Waals surface area contributed by atoms with E-state index in [2.05, 4.69) is 11.4 Å². The van der Waals surface area contributed by atoms with Crippen LogP contribution in [0.4, 0.5) is 5.69 Å². The molecule has 1 atom stereocenters. The first-order valence-electron chi connectivity index (χ1n) is 9.22. The summed E-state index contributed by atoms with van der Waals surface area (Å²) in [4.78, 5) is 12.6. The zero-order valence-corrected chi connectivity index (χ0v) is 17.0. The fourth-order valence-electron chi connectivity index (χ4n) is 3.51. The summed E-state index contributed by atoms with van der Waals surface area (Å²) in [7, 11) is -3.58. The van der Waals surface area contributed by atoms with Crippen LogP contribution in [0.5, 0.6) is 0 Å². The van der Waals surface area contributed by atoms with E-state index < -0.39 is 16.1 Å². The Morgan fingerprint density at radius 1 is 1.19 bits per heavy atom. The summed E-state index contributed by atoms with van der Waals surface area (Å²) in [5, 5.41) is 2.90. The number of hydrogen-bond donors (Lipinski definition) is 1. The number of carbonyl (C=O) groups excluding carboxylic acids is 1. The first kappa shape index (κ1) is 20.5. The molecule has 1 aromatic rings. The molecular formula is C20H30N2O3S. The Bertz CT molecular complexity index is 764. The Morgan fingerprint density at radius 3 is 2.38 bits per heavy atom. The van der Waals surface area contributed by atoms with E-state index in [0.29, 0.717) is 12.2 Å². The van der Waals surface area contributed by atoms with Crippen LogP contribution >= 0.6 is 0 Å². The molecule has 1 N–H and O–H groups in total. The third kappa shape index (κ3) is 5.59. The van der Waals surface area contributed by atoms with Crippen LogP contribution in [0.1, 0.15) is 50.2 Å². The van der Waals surface area contributed by atoms with Crippen LogP contribution in [-0.2, 0) is 14.8 Å². The van der Waals surface area contributed by atoms with Gasteiger partial charge < -0.3 is 5.32 Å². The zero-order valence-electron chi connectivity index (χ0n) is 16.2. The number of rotatable bonds is 7. The third-order valence-electron chi connectivity index (χ3n) is 4.68. The average Bonchev–Trinajstić information content (AvgIpc) is 2.53. The highest BCUT2D eigenvalue weighted by Crippen LogP contribution is 2.24. The lowest BCUT2D eigenvalue weighted by Crippen LogP contribution is -2.48. The molecule has 0 radical (unpaired) electrons. The van der Waals surface area contributed by atoms with Gasteiger partial charge in [0.15, 0.2) is 0 Å². The van der Waals surface area contributed by atoms with Crippen molar-refractivity contribution in [3.63, 3.8) is 0 Å². The van der Waals surface area contributed by atoms with Gasteiger partial charge in [-0.05, 0) is 76.1 Å². The van der Waals surface area contributed by atoms with Crippen LogP contribution in [0.15, 0.2) is 29.8 Å². The smallest absolute Gasteiger partial charge is 0.243 e. The largest absolute Gasteiger partial charge is 0.354 e. The van der Waals surface area contributed by atoms with Gasteiger partial charge in [-0.2, -0.15) is 0 Å². The monoisotopic (exact) mass is 378 g/mol. The topological polar surface area (TPSA) is 66.5 Å². The number of hydrogen-bond acceptors (Lipinski definition) is 3. The fraction of sp³-hybridized carbons (Fsp3) is 0.550. The van der Waals surface area contributed by atoms with Crippen molar-refractivity contribution in [2.45, 2.75) is 58.9 Å². The molecule has 1 amide bonds. The molecule has 0 aromatic heterocycles. The normalized spacial score (nSPS) is 15.9. The van der Waals surface area contributed by atoms with E-state index in [9.17, 15) is 13.2 Å². The summed E-state index contributed by atoms with van der Waals surface area (Å²) in [5.41, 5.74) is 3.84. The second-order valence-corrected chi connectivity index (χ2v) is 9.09. The second kappa shape index (κ2) is 8.71. The first-order chi connectivity index (χ1) is 12.2. The van der Waals surface area contributed by atoms with E-state index in [0.717, 1.165) is 36.6 Å². The van der Waals surface area contributed by atoms with Gasteiger partial charge in [0, 0.05) is 6.54 Å². The summed E-state index contributed by atoms with van der Waals surface area (Å²) in [6, 6.07) is 4.77. The van der Waals surface area contributed by atoms with Gasteiger partial charge in [-0.1, -0.05) is 17.7 Å². The quantitative estimate of drug-likeness (QED) is 0.739. The van der Waals surface area contributed by atoms with E-state index in [4.69, 9.17) is 0 Å². The molecular weight excluding hydrogens is 348 g/mol. The van der Waals surface area contributed by atoms with Crippen molar-refractivity contribution in [3.05, 3.63) is 41.0 Å². The Hall–Kier alpha value is -1.82. The Kier molecular flexibility index (Phi) is 6.87. The average molecular weight is 379 g/mol. The van der Waals surface area contributed by atoms with Crippen molar-refractivity contribution in [1.29, 1.82) is 0 Å². The summed E-state index contributed by atoms with van der Waals surface area (Å²) in [6.45, 7) is 6.01. The lowest BCUT2D eigenvalue weighted by atomic mass is 9.97. The maximum Gasteiger partial charge on any atom is 0.243 e. The molecule has 6 heteroatoms. The molecule has 5 nitrogen and oxygen atoms in total. The summed E-state index contributed by atoms with van der Waals surface area (Å²) >= 11 is 0. The van der Waals surface area contributed by atoms with Crippen molar-refractivity contribution in [1.82, 2.24) is 5.32 Å². The third-order valence-corrected chi connectivity index (χ3v) is 5.92. The van der Waals surface area contributed by atoms with Gasteiger partial charge in [-0.15, -0.1) is 0 Å². The van der Waals surface area contributed by atoms with Crippen molar-refractivity contribution < 1.29 is 13.2 Å².